The Labute approximate surface area is 121 Å². The predicted octanol–water partition coefficient (Wildman–Crippen LogP) is 1.28. The standard InChI is InChI=1S/C13H16N8/c1-3-5-15-12-16-11(10-4-7-20(2)19-10)17-13(18-12)21-8-6-14-9-21/h4,6-9H,3,5H2,1-2H3,(H,15,16,17,18). The van der Waals surface area contributed by atoms with Crippen molar-refractivity contribution in [3.05, 3.63) is 31.0 Å². The van der Waals surface area contributed by atoms with E-state index in [1.54, 1.807) is 28.0 Å². The highest BCUT2D eigenvalue weighted by Crippen LogP contribution is 2.15. The summed E-state index contributed by atoms with van der Waals surface area (Å²) < 4.78 is 3.46. The first-order valence-corrected chi connectivity index (χ1v) is 6.74. The number of nitrogens with zero attached hydrogens (tertiary/aromatic N) is 7. The molecule has 8 heteroatoms. The Morgan fingerprint density at radius 1 is 1.19 bits per heavy atom. The van der Waals surface area contributed by atoms with Gasteiger partial charge in [0.1, 0.15) is 12.0 Å². The molecule has 0 aromatic carbocycles. The first-order valence-electron chi connectivity index (χ1n) is 6.74. The van der Waals surface area contributed by atoms with Gasteiger partial charge in [-0.1, -0.05) is 6.92 Å². The number of nitrogens with one attached hydrogen (secondary N) is 1. The maximum atomic E-state index is 4.45. The number of hydrogen-bond acceptors (Lipinski definition) is 6. The zero-order valence-electron chi connectivity index (χ0n) is 11.9. The van der Waals surface area contributed by atoms with Crippen LogP contribution in [-0.2, 0) is 7.05 Å². The molecule has 21 heavy (non-hydrogen) atoms. The number of imidazole rings is 1. The van der Waals surface area contributed by atoms with Crippen molar-refractivity contribution in [1.29, 1.82) is 0 Å². The second-order valence-electron chi connectivity index (χ2n) is 4.55. The largest absolute Gasteiger partial charge is 0.354 e. The molecular weight excluding hydrogens is 268 g/mol. The van der Waals surface area contributed by atoms with E-state index in [9.17, 15) is 0 Å². The van der Waals surface area contributed by atoms with Gasteiger partial charge >= 0.3 is 0 Å². The lowest BCUT2D eigenvalue weighted by atomic mass is 10.4. The molecule has 3 heterocycles. The number of rotatable bonds is 5. The first kappa shape index (κ1) is 13.2. The zero-order chi connectivity index (χ0) is 14.7. The molecule has 0 spiro atoms. The molecule has 0 aliphatic rings. The van der Waals surface area contributed by atoms with E-state index >= 15 is 0 Å². The number of hydrogen-bond donors (Lipinski definition) is 1. The maximum absolute atomic E-state index is 4.45. The van der Waals surface area contributed by atoms with E-state index in [0.29, 0.717) is 23.4 Å². The molecule has 3 aromatic rings. The summed E-state index contributed by atoms with van der Waals surface area (Å²) >= 11 is 0. The molecule has 0 radical (unpaired) electrons. The molecule has 0 bridgehead atoms. The molecule has 3 rings (SSSR count). The highest BCUT2D eigenvalue weighted by atomic mass is 15.3. The minimum atomic E-state index is 0.516. The van der Waals surface area contributed by atoms with Gasteiger partial charge in [0.25, 0.3) is 0 Å². The molecule has 0 amide bonds. The molecule has 0 aliphatic heterocycles. The summed E-state index contributed by atoms with van der Waals surface area (Å²) in [6, 6.07) is 1.87. The third-order valence-corrected chi connectivity index (χ3v) is 2.83. The average Bonchev–Trinajstić information content (AvgIpc) is 3.16. The van der Waals surface area contributed by atoms with Gasteiger partial charge in [-0.25, -0.2) is 4.98 Å². The van der Waals surface area contributed by atoms with Crippen LogP contribution in [0.4, 0.5) is 5.95 Å². The fourth-order valence-electron chi connectivity index (χ4n) is 1.82. The minimum absolute atomic E-state index is 0.516. The Bertz CT molecular complexity index is 716. The minimum Gasteiger partial charge on any atom is -0.354 e. The molecular formula is C13H16N8. The Morgan fingerprint density at radius 3 is 2.76 bits per heavy atom. The molecule has 1 N–H and O–H groups in total. The van der Waals surface area contributed by atoms with Gasteiger partial charge in [0, 0.05) is 32.2 Å². The van der Waals surface area contributed by atoms with Crippen LogP contribution in [0, 0.1) is 0 Å². The number of aromatic nitrogens is 7. The van der Waals surface area contributed by atoms with Gasteiger partial charge in [0.15, 0.2) is 5.82 Å². The molecule has 0 saturated carbocycles. The second-order valence-corrected chi connectivity index (χ2v) is 4.55. The predicted molar refractivity (Wildman–Crippen MR) is 77.9 cm³/mol. The van der Waals surface area contributed by atoms with Gasteiger partial charge in [0.2, 0.25) is 11.9 Å². The van der Waals surface area contributed by atoms with Crippen molar-refractivity contribution in [2.75, 3.05) is 11.9 Å². The van der Waals surface area contributed by atoms with Crippen LogP contribution in [-0.4, -0.2) is 40.8 Å². The quantitative estimate of drug-likeness (QED) is 0.759. The smallest absolute Gasteiger partial charge is 0.240 e. The van der Waals surface area contributed by atoms with Crippen LogP contribution in [0.2, 0.25) is 0 Å². The first-order chi connectivity index (χ1) is 10.3. The van der Waals surface area contributed by atoms with Crippen molar-refractivity contribution in [3.63, 3.8) is 0 Å². The summed E-state index contributed by atoms with van der Waals surface area (Å²) in [6.45, 7) is 2.89. The van der Waals surface area contributed by atoms with Crippen LogP contribution in [0.15, 0.2) is 31.0 Å². The lowest BCUT2D eigenvalue weighted by Gasteiger charge is -2.07. The molecule has 0 unspecified atom stereocenters. The molecule has 0 saturated heterocycles. The van der Waals surface area contributed by atoms with Crippen LogP contribution in [0.5, 0.6) is 0 Å². The highest BCUT2D eigenvalue weighted by Gasteiger charge is 2.11. The SMILES string of the molecule is CCCNc1nc(-c2ccn(C)n2)nc(-n2ccnc2)n1. The number of aryl methyl sites for hydroxylation is 1. The van der Waals surface area contributed by atoms with Crippen molar-refractivity contribution in [3.8, 4) is 17.5 Å². The highest BCUT2D eigenvalue weighted by molar-refractivity contribution is 5.51. The van der Waals surface area contributed by atoms with Crippen LogP contribution < -0.4 is 5.32 Å². The van der Waals surface area contributed by atoms with E-state index < -0.39 is 0 Å². The lowest BCUT2D eigenvalue weighted by molar-refractivity contribution is 0.767. The molecule has 8 nitrogen and oxygen atoms in total. The van der Waals surface area contributed by atoms with Gasteiger partial charge in [-0.15, -0.1) is 0 Å². The Hall–Kier alpha value is -2.77. The summed E-state index contributed by atoms with van der Waals surface area (Å²) in [5.74, 6) is 1.59. The Kier molecular flexibility index (Phi) is 3.59. The molecule has 108 valence electrons. The summed E-state index contributed by atoms with van der Waals surface area (Å²) in [7, 11) is 1.86. The lowest BCUT2D eigenvalue weighted by Crippen LogP contribution is -2.10. The fraction of sp³-hybridized carbons (Fsp3) is 0.308. The van der Waals surface area contributed by atoms with Gasteiger partial charge in [-0.05, 0) is 12.5 Å². The van der Waals surface area contributed by atoms with Gasteiger partial charge < -0.3 is 5.32 Å². The van der Waals surface area contributed by atoms with Crippen molar-refractivity contribution >= 4 is 5.95 Å². The van der Waals surface area contributed by atoms with Gasteiger partial charge in [-0.2, -0.15) is 20.1 Å². The zero-order valence-corrected chi connectivity index (χ0v) is 11.9. The van der Waals surface area contributed by atoms with Crippen LogP contribution in [0.1, 0.15) is 13.3 Å². The third kappa shape index (κ3) is 2.88. The van der Waals surface area contributed by atoms with E-state index in [1.165, 1.54) is 0 Å². The topological polar surface area (TPSA) is 86.3 Å². The summed E-state index contributed by atoms with van der Waals surface area (Å²) in [4.78, 5) is 17.3. The van der Waals surface area contributed by atoms with Crippen LogP contribution in [0.3, 0.4) is 0 Å². The average molecular weight is 284 g/mol. The van der Waals surface area contributed by atoms with Crippen LogP contribution in [0.25, 0.3) is 17.5 Å². The van der Waals surface area contributed by atoms with Crippen molar-refractivity contribution in [1.82, 2.24) is 34.3 Å². The molecule has 0 fully saturated rings. The van der Waals surface area contributed by atoms with Crippen molar-refractivity contribution in [2.24, 2.45) is 7.05 Å². The van der Waals surface area contributed by atoms with E-state index in [0.717, 1.165) is 13.0 Å². The molecule has 0 aliphatic carbocycles. The van der Waals surface area contributed by atoms with E-state index in [-0.39, 0.29) is 0 Å². The van der Waals surface area contributed by atoms with Gasteiger partial charge in [-0.3, -0.25) is 9.25 Å². The second kappa shape index (κ2) is 5.70. The summed E-state index contributed by atoms with van der Waals surface area (Å²) in [5, 5.41) is 7.52. The van der Waals surface area contributed by atoms with E-state index in [4.69, 9.17) is 0 Å². The summed E-state index contributed by atoms with van der Waals surface area (Å²) in [6.07, 6.45) is 7.98. The number of anilines is 1. The summed E-state index contributed by atoms with van der Waals surface area (Å²) in [5.41, 5.74) is 0.709. The third-order valence-electron chi connectivity index (χ3n) is 2.83. The molecule has 3 aromatic heterocycles. The van der Waals surface area contributed by atoms with Crippen LogP contribution >= 0.6 is 0 Å². The maximum Gasteiger partial charge on any atom is 0.240 e. The monoisotopic (exact) mass is 284 g/mol. The Morgan fingerprint density at radius 2 is 2.10 bits per heavy atom. The van der Waals surface area contributed by atoms with Gasteiger partial charge in [0.05, 0.1) is 0 Å². The van der Waals surface area contributed by atoms with Crippen molar-refractivity contribution < 1.29 is 0 Å². The van der Waals surface area contributed by atoms with E-state index in [2.05, 4.69) is 37.3 Å². The fourth-order valence-corrected chi connectivity index (χ4v) is 1.82. The van der Waals surface area contributed by atoms with E-state index in [1.807, 2.05) is 19.3 Å². The Balaban J connectivity index is 2.04. The normalized spacial score (nSPS) is 10.8. The molecule has 0 atom stereocenters. The van der Waals surface area contributed by atoms with Crippen molar-refractivity contribution in [2.45, 2.75) is 13.3 Å².